The predicted molar refractivity (Wildman–Crippen MR) is 185 cm³/mol. The topological polar surface area (TPSA) is 12.5 Å². The number of nitrogens with zero attached hydrogens (tertiary/aromatic N) is 1. The van der Waals surface area contributed by atoms with E-state index in [9.17, 15) is 0 Å². The first-order chi connectivity index (χ1) is 20.4. The summed E-state index contributed by atoms with van der Waals surface area (Å²) in [5.41, 5.74) is 15.2. The van der Waals surface area contributed by atoms with E-state index in [1.165, 1.54) is 66.8 Å². The standard InChI is InChI=1S/C40H40BNO/c1-25-16-18-34-31(22-25)41-32-24-28(39(3,4)5)17-19-36(32)43-37-15-11-14-35(38(37)41)42(34)33-13-10-9-12-30(33)27-20-26(2)21-29(23-27)40(6,7)8/h9-24H,1-8H3. The van der Waals surface area contributed by atoms with Crippen molar-refractivity contribution in [2.24, 2.45) is 0 Å². The summed E-state index contributed by atoms with van der Waals surface area (Å²) >= 11 is 0. The van der Waals surface area contributed by atoms with E-state index < -0.39 is 0 Å². The molecule has 0 saturated carbocycles. The first-order valence-corrected chi connectivity index (χ1v) is 15.5. The number of hydrogen-bond acceptors (Lipinski definition) is 2. The summed E-state index contributed by atoms with van der Waals surface area (Å²) in [7, 11) is 0. The number of anilines is 3. The van der Waals surface area contributed by atoms with Crippen LogP contribution in [0.4, 0.5) is 17.1 Å². The minimum absolute atomic E-state index is 0.0453. The van der Waals surface area contributed by atoms with Gasteiger partial charge < -0.3 is 9.64 Å². The van der Waals surface area contributed by atoms with Gasteiger partial charge in [0.15, 0.2) is 0 Å². The third kappa shape index (κ3) is 4.57. The summed E-state index contributed by atoms with van der Waals surface area (Å²) in [6, 6.07) is 36.2. The predicted octanol–water partition coefficient (Wildman–Crippen LogP) is 8.97. The van der Waals surface area contributed by atoms with Crippen molar-refractivity contribution < 1.29 is 4.74 Å². The highest BCUT2D eigenvalue weighted by molar-refractivity contribution is 6.99. The normalized spacial score (nSPS) is 13.7. The van der Waals surface area contributed by atoms with Crippen LogP contribution in [0.15, 0.2) is 97.1 Å². The van der Waals surface area contributed by atoms with Crippen LogP contribution in [-0.2, 0) is 10.8 Å². The van der Waals surface area contributed by atoms with Gasteiger partial charge in [0.05, 0.1) is 5.69 Å². The van der Waals surface area contributed by atoms with E-state index >= 15 is 0 Å². The van der Waals surface area contributed by atoms with E-state index in [0.29, 0.717) is 0 Å². The molecule has 0 unspecified atom stereocenters. The van der Waals surface area contributed by atoms with E-state index in [-0.39, 0.29) is 17.5 Å². The molecule has 0 N–H and O–H groups in total. The molecule has 0 atom stereocenters. The van der Waals surface area contributed by atoms with Gasteiger partial charge in [-0.1, -0.05) is 119 Å². The van der Waals surface area contributed by atoms with Gasteiger partial charge in [0, 0.05) is 16.9 Å². The van der Waals surface area contributed by atoms with Gasteiger partial charge in [0.2, 0.25) is 0 Å². The first kappa shape index (κ1) is 27.6. The van der Waals surface area contributed by atoms with Crippen LogP contribution >= 0.6 is 0 Å². The molecule has 2 aliphatic rings. The molecule has 2 nitrogen and oxygen atoms in total. The molecule has 5 aromatic carbocycles. The summed E-state index contributed by atoms with van der Waals surface area (Å²) in [6.45, 7) is 18.2. The van der Waals surface area contributed by atoms with Gasteiger partial charge in [-0.25, -0.2) is 0 Å². The minimum atomic E-state index is 0.0453. The molecule has 2 heterocycles. The second-order valence-corrected chi connectivity index (χ2v) is 14.5. The maximum Gasteiger partial charge on any atom is 0.256 e. The van der Waals surface area contributed by atoms with Gasteiger partial charge in [-0.05, 0) is 88.1 Å². The molecule has 0 fully saturated rings. The molecular formula is C40H40BNO. The van der Waals surface area contributed by atoms with Crippen molar-refractivity contribution in [1.29, 1.82) is 0 Å². The lowest BCUT2D eigenvalue weighted by Crippen LogP contribution is -2.59. The number of benzene rings is 5. The van der Waals surface area contributed by atoms with Gasteiger partial charge >= 0.3 is 0 Å². The van der Waals surface area contributed by atoms with E-state index in [2.05, 4.69) is 157 Å². The lowest BCUT2D eigenvalue weighted by molar-refractivity contribution is 0.486. The number of rotatable bonds is 2. The van der Waals surface area contributed by atoms with Crippen molar-refractivity contribution in [3.63, 3.8) is 0 Å². The molecule has 214 valence electrons. The number of fused-ring (bicyclic) bond motifs is 4. The molecule has 7 rings (SSSR count). The molecule has 3 heteroatoms. The zero-order chi connectivity index (χ0) is 30.3. The smallest absolute Gasteiger partial charge is 0.256 e. The fourth-order valence-electron chi connectivity index (χ4n) is 6.82. The number of ether oxygens (including phenoxy) is 1. The highest BCUT2D eigenvalue weighted by Crippen LogP contribution is 2.45. The van der Waals surface area contributed by atoms with Crippen LogP contribution in [-0.4, -0.2) is 6.71 Å². The van der Waals surface area contributed by atoms with Gasteiger partial charge in [-0.15, -0.1) is 0 Å². The SMILES string of the molecule is Cc1cc(-c2ccccc2N2c3ccc(C)cc3B3c4cc(C(C)(C)C)ccc4Oc4cccc2c43)cc(C(C)(C)C)c1. The Balaban J connectivity index is 1.49. The van der Waals surface area contributed by atoms with Gasteiger partial charge in [-0.3, -0.25) is 0 Å². The monoisotopic (exact) mass is 561 g/mol. The molecule has 0 bridgehead atoms. The van der Waals surface area contributed by atoms with Crippen LogP contribution in [0.5, 0.6) is 11.5 Å². The Morgan fingerprint density at radius 1 is 0.558 bits per heavy atom. The molecule has 0 spiro atoms. The van der Waals surface area contributed by atoms with Crippen LogP contribution in [0, 0.1) is 13.8 Å². The van der Waals surface area contributed by atoms with Crippen molar-refractivity contribution in [3.8, 4) is 22.6 Å². The number of aryl methyl sites for hydroxylation is 2. The van der Waals surface area contributed by atoms with Crippen molar-refractivity contribution >= 4 is 40.2 Å². The zero-order valence-electron chi connectivity index (χ0n) is 26.7. The van der Waals surface area contributed by atoms with E-state index in [4.69, 9.17) is 4.74 Å². The second-order valence-electron chi connectivity index (χ2n) is 14.5. The molecule has 0 aromatic heterocycles. The molecule has 0 amide bonds. The molecule has 0 radical (unpaired) electrons. The van der Waals surface area contributed by atoms with Crippen LogP contribution in [0.2, 0.25) is 0 Å². The van der Waals surface area contributed by atoms with Crippen LogP contribution in [0.3, 0.4) is 0 Å². The van der Waals surface area contributed by atoms with Crippen molar-refractivity contribution in [1.82, 2.24) is 0 Å². The van der Waals surface area contributed by atoms with Gasteiger partial charge in [-0.2, -0.15) is 0 Å². The van der Waals surface area contributed by atoms with Crippen LogP contribution < -0.4 is 26.0 Å². The maximum absolute atomic E-state index is 6.68. The Morgan fingerprint density at radius 2 is 1.30 bits per heavy atom. The first-order valence-electron chi connectivity index (χ1n) is 15.5. The van der Waals surface area contributed by atoms with E-state index in [1.807, 2.05) is 0 Å². The third-order valence-electron chi connectivity index (χ3n) is 9.11. The fourth-order valence-corrected chi connectivity index (χ4v) is 6.82. The average molecular weight is 562 g/mol. The Morgan fingerprint density at radius 3 is 2.07 bits per heavy atom. The van der Waals surface area contributed by atoms with E-state index in [1.54, 1.807) is 0 Å². The molecule has 0 aliphatic carbocycles. The highest BCUT2D eigenvalue weighted by Gasteiger charge is 2.42. The molecule has 2 aliphatic heterocycles. The number of hydrogen-bond donors (Lipinski definition) is 0. The molecule has 0 saturated heterocycles. The van der Waals surface area contributed by atoms with Crippen molar-refractivity contribution in [3.05, 3.63) is 119 Å². The molecule has 5 aromatic rings. The quantitative estimate of drug-likeness (QED) is 0.195. The van der Waals surface area contributed by atoms with Crippen LogP contribution in [0.1, 0.15) is 63.8 Å². The van der Waals surface area contributed by atoms with Crippen LogP contribution in [0.25, 0.3) is 11.1 Å². The maximum atomic E-state index is 6.68. The Labute approximate surface area is 257 Å². The highest BCUT2D eigenvalue weighted by atomic mass is 16.5. The Hall–Kier alpha value is -4.24. The average Bonchev–Trinajstić information content (AvgIpc) is 2.95. The summed E-state index contributed by atoms with van der Waals surface area (Å²) in [5.74, 6) is 1.90. The Kier molecular flexibility index (Phi) is 6.19. The summed E-state index contributed by atoms with van der Waals surface area (Å²) in [4.78, 5) is 2.47. The van der Waals surface area contributed by atoms with Gasteiger partial charge in [0.25, 0.3) is 6.71 Å². The summed E-state index contributed by atoms with van der Waals surface area (Å²) in [5, 5.41) is 0. The summed E-state index contributed by atoms with van der Waals surface area (Å²) in [6.07, 6.45) is 0. The largest absolute Gasteiger partial charge is 0.458 e. The minimum Gasteiger partial charge on any atom is -0.458 e. The van der Waals surface area contributed by atoms with Crippen molar-refractivity contribution in [2.45, 2.75) is 66.2 Å². The third-order valence-corrected chi connectivity index (χ3v) is 9.11. The Bertz CT molecular complexity index is 1910. The second kappa shape index (κ2) is 9.64. The lowest BCUT2D eigenvalue weighted by Gasteiger charge is -2.41. The molecule has 43 heavy (non-hydrogen) atoms. The summed E-state index contributed by atoms with van der Waals surface area (Å²) < 4.78 is 6.68. The van der Waals surface area contributed by atoms with Gasteiger partial charge in [0.1, 0.15) is 11.5 Å². The number of para-hydroxylation sites is 1. The molecular weight excluding hydrogens is 521 g/mol. The fraction of sp³-hybridized carbons (Fsp3) is 0.250. The lowest BCUT2D eigenvalue weighted by atomic mass is 9.34. The van der Waals surface area contributed by atoms with Crippen molar-refractivity contribution in [2.75, 3.05) is 4.90 Å². The van der Waals surface area contributed by atoms with E-state index in [0.717, 1.165) is 11.5 Å². The zero-order valence-corrected chi connectivity index (χ0v) is 26.7.